The summed E-state index contributed by atoms with van der Waals surface area (Å²) in [5.74, 6) is 0. The van der Waals surface area contributed by atoms with Gasteiger partial charge in [-0.3, -0.25) is 0 Å². The first-order valence-electron chi connectivity index (χ1n) is 7.33. The second-order valence-corrected chi connectivity index (χ2v) is 6.24. The van der Waals surface area contributed by atoms with E-state index >= 15 is 0 Å². The van der Waals surface area contributed by atoms with Gasteiger partial charge in [-0.15, -0.1) is 0 Å². The molecule has 21 heavy (non-hydrogen) atoms. The lowest BCUT2D eigenvalue weighted by atomic mass is 9.89. The van der Waals surface area contributed by atoms with Gasteiger partial charge in [0.2, 0.25) is 0 Å². The standard InChI is InChI=1S/C17H25N3O/c1-17(2,9-10-21-3)12-20-13-19-11-15(20)16(18)14-7-5-4-6-8-14/h4-8,11,13,16H,9-10,12,18H2,1-3H3. The van der Waals surface area contributed by atoms with Gasteiger partial charge in [-0.05, 0) is 17.4 Å². The second-order valence-electron chi connectivity index (χ2n) is 6.24. The van der Waals surface area contributed by atoms with Gasteiger partial charge in [-0.25, -0.2) is 4.98 Å². The van der Waals surface area contributed by atoms with Gasteiger partial charge in [0, 0.05) is 20.3 Å². The summed E-state index contributed by atoms with van der Waals surface area (Å²) in [5.41, 5.74) is 8.69. The molecule has 1 unspecified atom stereocenters. The van der Waals surface area contributed by atoms with E-state index in [0.717, 1.165) is 30.8 Å². The molecule has 0 aliphatic heterocycles. The van der Waals surface area contributed by atoms with Crippen molar-refractivity contribution in [2.75, 3.05) is 13.7 Å². The first kappa shape index (κ1) is 15.7. The van der Waals surface area contributed by atoms with Crippen LogP contribution in [0.15, 0.2) is 42.9 Å². The molecule has 4 heteroatoms. The van der Waals surface area contributed by atoms with E-state index in [1.54, 1.807) is 7.11 Å². The summed E-state index contributed by atoms with van der Waals surface area (Å²) in [6, 6.07) is 9.99. The molecule has 0 fully saturated rings. The Bertz CT molecular complexity index is 548. The predicted molar refractivity (Wildman–Crippen MR) is 85.0 cm³/mol. The van der Waals surface area contributed by atoms with Gasteiger partial charge in [0.25, 0.3) is 0 Å². The van der Waals surface area contributed by atoms with Crippen LogP contribution in [0.5, 0.6) is 0 Å². The highest BCUT2D eigenvalue weighted by molar-refractivity contribution is 5.26. The monoisotopic (exact) mass is 287 g/mol. The topological polar surface area (TPSA) is 53.1 Å². The van der Waals surface area contributed by atoms with E-state index in [-0.39, 0.29) is 11.5 Å². The highest BCUT2D eigenvalue weighted by atomic mass is 16.5. The number of methoxy groups -OCH3 is 1. The van der Waals surface area contributed by atoms with Gasteiger partial charge in [0.1, 0.15) is 0 Å². The largest absolute Gasteiger partial charge is 0.385 e. The number of hydrogen-bond donors (Lipinski definition) is 1. The van der Waals surface area contributed by atoms with Crippen LogP contribution in [-0.2, 0) is 11.3 Å². The third-order valence-corrected chi connectivity index (χ3v) is 3.80. The highest BCUT2D eigenvalue weighted by Crippen LogP contribution is 2.26. The predicted octanol–water partition coefficient (Wildman–Crippen LogP) is 2.99. The number of nitrogens with zero attached hydrogens (tertiary/aromatic N) is 2. The molecule has 0 aliphatic rings. The van der Waals surface area contributed by atoms with E-state index in [4.69, 9.17) is 10.5 Å². The van der Waals surface area contributed by atoms with E-state index in [1.807, 2.05) is 30.7 Å². The fraction of sp³-hybridized carbons (Fsp3) is 0.471. The number of nitrogens with two attached hydrogens (primary N) is 1. The van der Waals surface area contributed by atoms with Crippen molar-refractivity contribution in [3.63, 3.8) is 0 Å². The third-order valence-electron chi connectivity index (χ3n) is 3.80. The summed E-state index contributed by atoms with van der Waals surface area (Å²) in [6.07, 6.45) is 4.73. The van der Waals surface area contributed by atoms with Gasteiger partial charge >= 0.3 is 0 Å². The van der Waals surface area contributed by atoms with E-state index in [9.17, 15) is 0 Å². The number of rotatable bonds is 7. The molecule has 2 rings (SSSR count). The van der Waals surface area contributed by atoms with E-state index in [0.29, 0.717) is 0 Å². The summed E-state index contributed by atoms with van der Waals surface area (Å²) in [4.78, 5) is 4.28. The second kappa shape index (κ2) is 6.87. The maximum atomic E-state index is 6.40. The molecular weight excluding hydrogens is 262 g/mol. The molecule has 4 nitrogen and oxygen atoms in total. The summed E-state index contributed by atoms with van der Waals surface area (Å²) in [7, 11) is 1.74. The Balaban J connectivity index is 2.15. The smallest absolute Gasteiger partial charge is 0.0948 e. The van der Waals surface area contributed by atoms with Crippen molar-refractivity contribution in [1.82, 2.24) is 9.55 Å². The quantitative estimate of drug-likeness (QED) is 0.851. The first-order chi connectivity index (χ1) is 10.0. The molecule has 2 N–H and O–H groups in total. The molecule has 1 aromatic heterocycles. The molecule has 1 aromatic carbocycles. The van der Waals surface area contributed by atoms with E-state index < -0.39 is 0 Å². The molecule has 0 saturated carbocycles. The Hall–Kier alpha value is -1.65. The summed E-state index contributed by atoms with van der Waals surface area (Å²) < 4.78 is 7.35. The van der Waals surface area contributed by atoms with Crippen molar-refractivity contribution in [2.24, 2.45) is 11.1 Å². The minimum absolute atomic E-state index is 0.141. The van der Waals surface area contributed by atoms with Gasteiger partial charge in [0.05, 0.1) is 24.3 Å². The summed E-state index contributed by atoms with van der Waals surface area (Å²) >= 11 is 0. The van der Waals surface area contributed by atoms with Crippen LogP contribution in [0.25, 0.3) is 0 Å². The minimum Gasteiger partial charge on any atom is -0.385 e. The zero-order valence-electron chi connectivity index (χ0n) is 13.1. The van der Waals surface area contributed by atoms with Gasteiger partial charge in [-0.1, -0.05) is 44.2 Å². The molecule has 2 aromatic rings. The average Bonchev–Trinajstić information content (AvgIpc) is 2.92. The van der Waals surface area contributed by atoms with Crippen LogP contribution < -0.4 is 5.73 Å². The Labute approximate surface area is 127 Å². The van der Waals surface area contributed by atoms with E-state index in [1.165, 1.54) is 0 Å². The average molecular weight is 287 g/mol. The van der Waals surface area contributed by atoms with Crippen molar-refractivity contribution >= 4 is 0 Å². The molecule has 0 bridgehead atoms. The summed E-state index contributed by atoms with van der Waals surface area (Å²) in [5, 5.41) is 0. The zero-order valence-corrected chi connectivity index (χ0v) is 13.1. The molecule has 0 amide bonds. The molecule has 1 heterocycles. The van der Waals surface area contributed by atoms with Crippen LogP contribution in [0.1, 0.15) is 37.6 Å². The van der Waals surface area contributed by atoms with Crippen molar-refractivity contribution in [3.05, 3.63) is 54.1 Å². The van der Waals surface area contributed by atoms with Crippen LogP contribution in [0, 0.1) is 5.41 Å². The SMILES string of the molecule is COCCC(C)(C)Cn1cncc1C(N)c1ccccc1. The molecule has 114 valence electrons. The fourth-order valence-electron chi connectivity index (χ4n) is 2.47. The van der Waals surface area contributed by atoms with Crippen LogP contribution in [0.2, 0.25) is 0 Å². The Morgan fingerprint density at radius 1 is 1.29 bits per heavy atom. The molecule has 0 aliphatic carbocycles. The number of imidazole rings is 1. The maximum Gasteiger partial charge on any atom is 0.0948 e. The summed E-state index contributed by atoms with van der Waals surface area (Å²) in [6.45, 7) is 6.13. The Kier molecular flexibility index (Phi) is 5.15. The van der Waals surface area contributed by atoms with Crippen molar-refractivity contribution in [2.45, 2.75) is 32.9 Å². The molecule has 0 radical (unpaired) electrons. The van der Waals surface area contributed by atoms with Crippen molar-refractivity contribution in [3.8, 4) is 0 Å². The Morgan fingerprint density at radius 2 is 2.00 bits per heavy atom. The normalized spacial score (nSPS) is 13.3. The lowest BCUT2D eigenvalue weighted by Crippen LogP contribution is -2.24. The van der Waals surface area contributed by atoms with Crippen molar-refractivity contribution in [1.29, 1.82) is 0 Å². The number of ether oxygens (including phenoxy) is 1. The third kappa shape index (κ3) is 4.16. The zero-order chi connectivity index (χ0) is 15.3. The van der Waals surface area contributed by atoms with Crippen LogP contribution in [0.4, 0.5) is 0 Å². The molecule has 1 atom stereocenters. The number of aromatic nitrogens is 2. The molecule has 0 spiro atoms. The number of hydrogen-bond acceptors (Lipinski definition) is 3. The van der Waals surface area contributed by atoms with Gasteiger partial charge in [-0.2, -0.15) is 0 Å². The Morgan fingerprint density at radius 3 is 2.67 bits per heavy atom. The first-order valence-corrected chi connectivity index (χ1v) is 7.33. The molecule has 0 saturated heterocycles. The van der Waals surface area contributed by atoms with E-state index in [2.05, 4.69) is 35.5 Å². The van der Waals surface area contributed by atoms with Gasteiger partial charge < -0.3 is 15.0 Å². The van der Waals surface area contributed by atoms with Crippen molar-refractivity contribution < 1.29 is 4.74 Å². The van der Waals surface area contributed by atoms with Gasteiger partial charge in [0.15, 0.2) is 0 Å². The number of benzene rings is 1. The minimum atomic E-state index is -0.146. The maximum absolute atomic E-state index is 6.40. The highest BCUT2D eigenvalue weighted by Gasteiger charge is 2.21. The lowest BCUT2D eigenvalue weighted by Gasteiger charge is -2.26. The fourth-order valence-corrected chi connectivity index (χ4v) is 2.47. The molecular formula is C17H25N3O. The van der Waals surface area contributed by atoms with Crippen LogP contribution in [0.3, 0.4) is 0 Å². The van der Waals surface area contributed by atoms with Crippen LogP contribution >= 0.6 is 0 Å². The van der Waals surface area contributed by atoms with Crippen LogP contribution in [-0.4, -0.2) is 23.3 Å². The lowest BCUT2D eigenvalue weighted by molar-refractivity contribution is 0.142.